The minimum absolute atomic E-state index is 0.00149. The summed E-state index contributed by atoms with van der Waals surface area (Å²) < 4.78 is 16.1. The quantitative estimate of drug-likeness (QED) is 0.0770. The molecular weight excluding hydrogens is 444 g/mol. The van der Waals surface area contributed by atoms with E-state index in [0.29, 0.717) is 6.42 Å². The number of carbonyl (C=O) groups is 3. The number of rotatable bonds is 24. The Hall–Kier alpha value is -1.59. The van der Waals surface area contributed by atoms with E-state index in [2.05, 4.69) is 13.8 Å². The third kappa shape index (κ3) is 22.6. The van der Waals surface area contributed by atoms with Crippen molar-refractivity contribution in [1.29, 1.82) is 0 Å². The van der Waals surface area contributed by atoms with Gasteiger partial charge in [0, 0.05) is 25.7 Å². The number of carbonyl (C=O) groups excluding carboxylic acids is 3. The summed E-state index contributed by atoms with van der Waals surface area (Å²) in [7, 11) is 0. The summed E-state index contributed by atoms with van der Waals surface area (Å²) in [5.74, 6) is -0.868. The second-order valence-corrected chi connectivity index (χ2v) is 9.84. The number of ether oxygens (including phenoxy) is 3. The molecule has 0 rings (SSSR count). The topological polar surface area (TPSA) is 78.9 Å². The van der Waals surface area contributed by atoms with Gasteiger partial charge in [-0.25, -0.2) is 0 Å². The van der Waals surface area contributed by atoms with Gasteiger partial charge in [-0.2, -0.15) is 0 Å². The lowest BCUT2D eigenvalue weighted by Crippen LogP contribution is -2.20. The van der Waals surface area contributed by atoms with Crippen molar-refractivity contribution in [2.75, 3.05) is 13.2 Å². The van der Waals surface area contributed by atoms with Gasteiger partial charge in [0.05, 0.1) is 13.2 Å². The molecule has 0 spiro atoms. The van der Waals surface area contributed by atoms with E-state index in [1.165, 1.54) is 71.1 Å². The first-order valence-corrected chi connectivity index (χ1v) is 14.4. The Morgan fingerprint density at radius 2 is 1.09 bits per heavy atom. The molecule has 0 saturated heterocycles. The van der Waals surface area contributed by atoms with Crippen LogP contribution in [0.25, 0.3) is 0 Å². The van der Waals surface area contributed by atoms with Gasteiger partial charge < -0.3 is 14.2 Å². The minimum atomic E-state index is -0.334. The van der Waals surface area contributed by atoms with Gasteiger partial charge in [-0.3, -0.25) is 14.4 Å². The van der Waals surface area contributed by atoms with Crippen LogP contribution in [0.4, 0.5) is 0 Å². The summed E-state index contributed by atoms with van der Waals surface area (Å²) in [5, 5.41) is 0. The van der Waals surface area contributed by atoms with Crippen molar-refractivity contribution in [3.8, 4) is 0 Å². The fraction of sp³-hybridized carbons (Fsp3) is 0.897. The molecule has 0 aliphatic carbocycles. The van der Waals surface area contributed by atoms with Crippen LogP contribution in [0.1, 0.15) is 143 Å². The molecule has 6 heteroatoms. The van der Waals surface area contributed by atoms with Crippen LogP contribution < -0.4 is 0 Å². The lowest BCUT2D eigenvalue weighted by atomic mass is 10.0. The predicted molar refractivity (Wildman–Crippen MR) is 141 cm³/mol. The molecule has 0 radical (unpaired) electrons. The van der Waals surface area contributed by atoms with Crippen molar-refractivity contribution in [2.24, 2.45) is 5.92 Å². The van der Waals surface area contributed by atoms with Gasteiger partial charge in [0.2, 0.25) is 0 Å². The van der Waals surface area contributed by atoms with Gasteiger partial charge in [-0.05, 0) is 38.5 Å². The smallest absolute Gasteiger partial charge is 0.306 e. The van der Waals surface area contributed by atoms with Crippen LogP contribution in [0, 0.1) is 5.92 Å². The van der Waals surface area contributed by atoms with E-state index in [9.17, 15) is 14.4 Å². The monoisotopic (exact) mass is 498 g/mol. The minimum Gasteiger partial charge on any atom is -0.465 e. The second kappa shape index (κ2) is 24.1. The summed E-state index contributed by atoms with van der Waals surface area (Å²) in [6.45, 7) is 8.26. The highest BCUT2D eigenvalue weighted by atomic mass is 16.5. The Bertz CT molecular complexity index is 517. The molecule has 0 bridgehead atoms. The molecule has 0 heterocycles. The molecule has 0 aliphatic heterocycles. The van der Waals surface area contributed by atoms with Gasteiger partial charge in [0.1, 0.15) is 6.10 Å². The molecule has 0 aromatic rings. The molecular formula is C29H54O6. The third-order valence-electron chi connectivity index (χ3n) is 6.40. The number of hydrogen-bond donors (Lipinski definition) is 0. The zero-order valence-electron chi connectivity index (χ0n) is 23.2. The van der Waals surface area contributed by atoms with Crippen LogP contribution in [0.15, 0.2) is 0 Å². The third-order valence-corrected chi connectivity index (χ3v) is 6.40. The molecule has 0 aliphatic rings. The van der Waals surface area contributed by atoms with E-state index in [-0.39, 0.29) is 56.0 Å². The van der Waals surface area contributed by atoms with Crippen molar-refractivity contribution < 1.29 is 28.6 Å². The number of hydrogen-bond acceptors (Lipinski definition) is 6. The Morgan fingerprint density at radius 3 is 1.60 bits per heavy atom. The van der Waals surface area contributed by atoms with Crippen LogP contribution in [0.3, 0.4) is 0 Å². The molecule has 6 nitrogen and oxygen atoms in total. The molecule has 0 amide bonds. The molecule has 0 N–H and O–H groups in total. The fourth-order valence-electron chi connectivity index (χ4n) is 3.99. The fourth-order valence-corrected chi connectivity index (χ4v) is 3.99. The van der Waals surface area contributed by atoms with Gasteiger partial charge in [-0.1, -0.05) is 85.0 Å². The van der Waals surface area contributed by atoms with Gasteiger partial charge in [0.15, 0.2) is 0 Å². The van der Waals surface area contributed by atoms with Crippen molar-refractivity contribution in [3.05, 3.63) is 0 Å². The maximum absolute atomic E-state index is 12.4. The van der Waals surface area contributed by atoms with E-state index in [0.717, 1.165) is 32.1 Å². The molecule has 1 atom stereocenters. The average molecular weight is 499 g/mol. The van der Waals surface area contributed by atoms with Crippen molar-refractivity contribution in [2.45, 2.75) is 149 Å². The van der Waals surface area contributed by atoms with Crippen molar-refractivity contribution in [3.63, 3.8) is 0 Å². The van der Waals surface area contributed by atoms with Crippen LogP contribution >= 0.6 is 0 Å². The second-order valence-electron chi connectivity index (χ2n) is 9.84. The van der Waals surface area contributed by atoms with E-state index in [1.54, 1.807) is 0 Å². The van der Waals surface area contributed by atoms with Crippen LogP contribution in [-0.4, -0.2) is 37.2 Å². The Kier molecular flexibility index (Phi) is 23.0. The van der Waals surface area contributed by atoms with Crippen molar-refractivity contribution in [1.82, 2.24) is 0 Å². The van der Waals surface area contributed by atoms with Crippen LogP contribution in [-0.2, 0) is 28.6 Å². The molecule has 35 heavy (non-hydrogen) atoms. The summed E-state index contributed by atoms with van der Waals surface area (Å²) in [5.41, 5.74) is 0. The maximum atomic E-state index is 12.4. The number of esters is 3. The Morgan fingerprint density at radius 1 is 0.600 bits per heavy atom. The summed E-state index contributed by atoms with van der Waals surface area (Å²) in [4.78, 5) is 35.4. The molecule has 1 unspecified atom stereocenters. The zero-order chi connectivity index (χ0) is 26.2. The highest BCUT2D eigenvalue weighted by molar-refractivity contribution is 5.72. The Balaban J connectivity index is 4.24. The van der Waals surface area contributed by atoms with Crippen LogP contribution in [0.5, 0.6) is 0 Å². The SMILES string of the molecule is CCCCCCCCC(CCCCCCCC)OC(=O)CCCC(=O)OCC(CC)COC(C)=O. The lowest BCUT2D eigenvalue weighted by molar-refractivity contribution is -0.150. The summed E-state index contributed by atoms with van der Waals surface area (Å²) in [6, 6.07) is 0. The molecule has 0 fully saturated rings. The highest BCUT2D eigenvalue weighted by Gasteiger charge is 2.16. The van der Waals surface area contributed by atoms with E-state index in [4.69, 9.17) is 14.2 Å². The summed E-state index contributed by atoms with van der Waals surface area (Å²) >= 11 is 0. The predicted octanol–water partition coefficient (Wildman–Crippen LogP) is 7.70. The summed E-state index contributed by atoms with van der Waals surface area (Å²) in [6.07, 6.45) is 18.3. The molecule has 0 aromatic carbocycles. The molecule has 206 valence electrons. The van der Waals surface area contributed by atoms with E-state index in [1.807, 2.05) is 6.92 Å². The average Bonchev–Trinajstić information content (AvgIpc) is 2.83. The first kappa shape index (κ1) is 33.4. The van der Waals surface area contributed by atoms with Gasteiger partial charge in [-0.15, -0.1) is 0 Å². The van der Waals surface area contributed by atoms with Crippen LogP contribution in [0.2, 0.25) is 0 Å². The first-order chi connectivity index (χ1) is 16.9. The standard InChI is InChI=1S/C29H54O6/c1-5-8-10-12-14-16-19-27(20-17-15-13-11-9-6-2)35-29(32)22-18-21-28(31)34-24-26(7-3)23-33-25(4)30/h26-27H,5-24H2,1-4H3. The molecule has 0 saturated carbocycles. The zero-order valence-corrected chi connectivity index (χ0v) is 23.2. The van der Waals surface area contributed by atoms with Gasteiger partial charge >= 0.3 is 17.9 Å². The van der Waals surface area contributed by atoms with E-state index >= 15 is 0 Å². The first-order valence-electron chi connectivity index (χ1n) is 14.4. The van der Waals surface area contributed by atoms with Crippen molar-refractivity contribution >= 4 is 17.9 Å². The lowest BCUT2D eigenvalue weighted by Gasteiger charge is -2.18. The van der Waals surface area contributed by atoms with E-state index < -0.39 is 0 Å². The van der Waals surface area contributed by atoms with Gasteiger partial charge in [0.25, 0.3) is 0 Å². The highest BCUT2D eigenvalue weighted by Crippen LogP contribution is 2.18. The Labute approximate surface area is 215 Å². The largest absolute Gasteiger partial charge is 0.465 e. The molecule has 0 aromatic heterocycles. The number of unbranched alkanes of at least 4 members (excludes halogenated alkanes) is 10. The normalized spacial score (nSPS) is 11.9. The maximum Gasteiger partial charge on any atom is 0.306 e.